The van der Waals surface area contributed by atoms with Crippen LogP contribution in [-0.2, 0) is 9.73 Å². The predicted octanol–water partition coefficient (Wildman–Crippen LogP) is 3.05. The number of benzene rings is 2. The third kappa shape index (κ3) is 2.55. The van der Waals surface area contributed by atoms with Crippen molar-refractivity contribution < 1.29 is 13.8 Å². The highest BCUT2D eigenvalue weighted by atomic mass is 32.2. The molecule has 1 atom stereocenters. The van der Waals surface area contributed by atoms with Crippen molar-refractivity contribution in [2.45, 2.75) is 18.7 Å². The monoisotopic (exact) mass is 328 g/mol. The largest absolute Gasteiger partial charge is 0.282 e. The Hall–Kier alpha value is -2.47. The van der Waals surface area contributed by atoms with Gasteiger partial charge in [0, 0.05) is 10.6 Å². The van der Waals surface area contributed by atoms with Crippen LogP contribution in [0.5, 0.6) is 0 Å². The van der Waals surface area contributed by atoms with E-state index in [-0.39, 0.29) is 5.75 Å². The van der Waals surface area contributed by atoms with E-state index >= 15 is 0 Å². The maximum Gasteiger partial charge on any atom is 0.282 e. The molecule has 1 aliphatic rings. The fourth-order valence-electron chi connectivity index (χ4n) is 2.41. The fourth-order valence-corrected chi connectivity index (χ4v) is 3.92. The molecule has 0 fully saturated rings. The molecule has 5 nitrogen and oxygen atoms in total. The first-order chi connectivity index (χ1) is 11.0. The summed E-state index contributed by atoms with van der Waals surface area (Å²) in [4.78, 5) is 25.3. The molecule has 0 radical (unpaired) electrons. The van der Waals surface area contributed by atoms with Crippen molar-refractivity contribution >= 4 is 21.5 Å². The van der Waals surface area contributed by atoms with Crippen LogP contribution in [-0.4, -0.2) is 26.8 Å². The highest BCUT2D eigenvalue weighted by Gasteiger charge is 2.36. The number of imide groups is 1. The van der Waals surface area contributed by atoms with Crippen LogP contribution >= 0.6 is 0 Å². The summed E-state index contributed by atoms with van der Waals surface area (Å²) in [6.45, 7) is 3.66. The Balaban J connectivity index is 2.10. The van der Waals surface area contributed by atoms with Gasteiger partial charge in [0.2, 0.25) is 0 Å². The van der Waals surface area contributed by atoms with Gasteiger partial charge in [-0.25, -0.2) is 4.21 Å². The summed E-state index contributed by atoms with van der Waals surface area (Å²) in [5.74, 6) is -0.846. The van der Waals surface area contributed by atoms with E-state index in [0.717, 1.165) is 10.6 Å². The quantitative estimate of drug-likeness (QED) is 0.813. The third-order valence-corrected chi connectivity index (χ3v) is 5.99. The molecule has 1 unspecified atom stereocenters. The van der Waals surface area contributed by atoms with Gasteiger partial charge in [0.05, 0.1) is 20.9 Å². The van der Waals surface area contributed by atoms with Gasteiger partial charge in [0.15, 0.2) is 0 Å². The van der Waals surface area contributed by atoms with Gasteiger partial charge in [-0.2, -0.15) is 0 Å². The first-order valence-electron chi connectivity index (χ1n) is 7.25. The van der Waals surface area contributed by atoms with Crippen LogP contribution in [0.15, 0.2) is 57.9 Å². The van der Waals surface area contributed by atoms with Gasteiger partial charge in [-0.05, 0) is 31.2 Å². The summed E-state index contributed by atoms with van der Waals surface area (Å²) < 4.78 is 17.2. The minimum Gasteiger partial charge on any atom is -0.267 e. The third-order valence-electron chi connectivity index (χ3n) is 3.77. The van der Waals surface area contributed by atoms with Gasteiger partial charge >= 0.3 is 0 Å². The average molecular weight is 328 g/mol. The summed E-state index contributed by atoms with van der Waals surface area (Å²) in [6, 6.07) is 13.6. The van der Waals surface area contributed by atoms with E-state index in [1.54, 1.807) is 43.3 Å². The highest BCUT2D eigenvalue weighted by molar-refractivity contribution is 7.93. The molecule has 1 aliphatic heterocycles. The summed E-state index contributed by atoms with van der Waals surface area (Å²) in [7, 11) is -2.88. The Kier molecular flexibility index (Phi) is 3.77. The molecule has 0 aromatic heterocycles. The number of carbonyl (C=O) groups excluding carboxylic acids is 2. The molecule has 0 bridgehead atoms. The lowest BCUT2D eigenvalue weighted by molar-refractivity contribution is 0.0661. The van der Waals surface area contributed by atoms with E-state index in [9.17, 15) is 13.8 Å². The van der Waals surface area contributed by atoms with Crippen LogP contribution in [0, 0.1) is 6.92 Å². The van der Waals surface area contributed by atoms with Crippen LogP contribution < -0.4 is 0 Å². The standard InChI is InChI=1S/C17H16N2O3S/c1-3-23(22,13-10-8-12(2)9-11-13)18-19-16(20)14-6-4-5-7-15(14)17(19)21/h4-11H,3H2,1-2H3. The number of amides is 2. The molecule has 3 rings (SSSR count). The van der Waals surface area contributed by atoms with Gasteiger partial charge in [-0.1, -0.05) is 36.8 Å². The lowest BCUT2D eigenvalue weighted by Crippen LogP contribution is -2.26. The molecule has 118 valence electrons. The van der Waals surface area contributed by atoms with Gasteiger partial charge in [0.1, 0.15) is 0 Å². The Morgan fingerprint density at radius 3 is 1.96 bits per heavy atom. The minimum atomic E-state index is -2.88. The number of hydrogen-bond acceptors (Lipinski definition) is 4. The van der Waals surface area contributed by atoms with Crippen molar-refractivity contribution in [1.29, 1.82) is 0 Å². The Bertz CT molecular complexity index is 875. The predicted molar refractivity (Wildman–Crippen MR) is 87.5 cm³/mol. The number of aryl methyl sites for hydroxylation is 1. The van der Waals surface area contributed by atoms with Crippen molar-refractivity contribution in [3.05, 3.63) is 65.2 Å². The molecule has 1 heterocycles. The zero-order valence-electron chi connectivity index (χ0n) is 12.9. The molecule has 23 heavy (non-hydrogen) atoms. The second kappa shape index (κ2) is 5.62. The fraction of sp³-hybridized carbons (Fsp3) is 0.176. The molecule has 0 spiro atoms. The van der Waals surface area contributed by atoms with Crippen LogP contribution in [0.1, 0.15) is 33.2 Å². The number of fused-ring (bicyclic) bond motifs is 1. The summed E-state index contributed by atoms with van der Waals surface area (Å²) in [6.07, 6.45) is 0. The van der Waals surface area contributed by atoms with Crippen molar-refractivity contribution in [1.82, 2.24) is 5.01 Å². The summed E-state index contributed by atoms with van der Waals surface area (Å²) in [5.41, 5.74) is 1.62. The maximum absolute atomic E-state index is 13.2. The molecular formula is C17H16N2O3S. The zero-order chi connectivity index (χ0) is 16.6. The first kappa shape index (κ1) is 15.4. The van der Waals surface area contributed by atoms with E-state index in [0.29, 0.717) is 16.0 Å². The maximum atomic E-state index is 13.2. The highest BCUT2D eigenvalue weighted by Crippen LogP contribution is 2.25. The van der Waals surface area contributed by atoms with Gasteiger partial charge in [-0.3, -0.25) is 9.59 Å². The number of carbonyl (C=O) groups is 2. The summed E-state index contributed by atoms with van der Waals surface area (Å²) in [5, 5.41) is 0.746. The molecule has 0 N–H and O–H groups in total. The smallest absolute Gasteiger partial charge is 0.267 e. The molecular weight excluding hydrogens is 312 g/mol. The van der Waals surface area contributed by atoms with Crippen molar-refractivity contribution in [3.8, 4) is 0 Å². The number of nitrogens with zero attached hydrogens (tertiary/aromatic N) is 2. The van der Waals surface area contributed by atoms with E-state index in [1.807, 2.05) is 19.1 Å². The molecule has 2 aromatic carbocycles. The Labute approximate surface area is 135 Å². The van der Waals surface area contributed by atoms with Gasteiger partial charge in [0.25, 0.3) is 11.8 Å². The van der Waals surface area contributed by atoms with Crippen LogP contribution in [0.3, 0.4) is 0 Å². The van der Waals surface area contributed by atoms with Crippen LogP contribution in [0.25, 0.3) is 0 Å². The van der Waals surface area contributed by atoms with Crippen LogP contribution in [0.2, 0.25) is 0 Å². The van der Waals surface area contributed by atoms with Crippen molar-refractivity contribution in [2.24, 2.45) is 4.47 Å². The molecule has 0 saturated heterocycles. The van der Waals surface area contributed by atoms with E-state index in [1.165, 1.54) is 0 Å². The Morgan fingerprint density at radius 2 is 1.48 bits per heavy atom. The molecule has 2 aromatic rings. The molecule has 6 heteroatoms. The zero-order valence-corrected chi connectivity index (χ0v) is 13.7. The SMILES string of the molecule is CCS(=O)(=NN1C(=O)c2ccccc2C1=O)c1ccc(C)cc1. The normalized spacial score (nSPS) is 16.2. The Morgan fingerprint density at radius 1 is 0.957 bits per heavy atom. The van der Waals surface area contributed by atoms with Gasteiger partial charge < -0.3 is 0 Å². The topological polar surface area (TPSA) is 66.8 Å². The van der Waals surface area contributed by atoms with Crippen LogP contribution in [0.4, 0.5) is 0 Å². The van der Waals surface area contributed by atoms with Crippen molar-refractivity contribution in [2.75, 3.05) is 5.75 Å². The first-order valence-corrected chi connectivity index (χ1v) is 8.94. The average Bonchev–Trinajstić information content (AvgIpc) is 2.81. The molecule has 0 aliphatic carbocycles. The van der Waals surface area contributed by atoms with Crippen molar-refractivity contribution in [3.63, 3.8) is 0 Å². The van der Waals surface area contributed by atoms with E-state index in [2.05, 4.69) is 4.47 Å². The molecule has 2 amide bonds. The van der Waals surface area contributed by atoms with E-state index < -0.39 is 21.5 Å². The molecule has 0 saturated carbocycles. The van der Waals surface area contributed by atoms with Gasteiger partial charge in [-0.15, -0.1) is 9.48 Å². The lowest BCUT2D eigenvalue weighted by atomic mass is 10.1. The minimum absolute atomic E-state index is 0.212. The second-order valence-electron chi connectivity index (χ2n) is 5.29. The lowest BCUT2D eigenvalue weighted by Gasteiger charge is -2.13. The van der Waals surface area contributed by atoms with E-state index in [4.69, 9.17) is 0 Å². The number of hydrogen-bond donors (Lipinski definition) is 0. The second-order valence-corrected chi connectivity index (χ2v) is 7.78. The summed E-state index contributed by atoms with van der Waals surface area (Å²) >= 11 is 0. The number of rotatable bonds is 3.